The summed E-state index contributed by atoms with van der Waals surface area (Å²) in [4.78, 5) is 25.8. The van der Waals surface area contributed by atoms with E-state index in [0.29, 0.717) is 11.4 Å². The summed E-state index contributed by atoms with van der Waals surface area (Å²) in [5.74, 6) is 0.929. The van der Waals surface area contributed by atoms with E-state index < -0.39 is 0 Å². The first-order valence-corrected chi connectivity index (χ1v) is 10.8. The van der Waals surface area contributed by atoms with Gasteiger partial charge in [-0.25, -0.2) is 9.97 Å². The number of amides is 1. The molecule has 4 heterocycles. The zero-order valence-corrected chi connectivity index (χ0v) is 15.9. The quantitative estimate of drug-likeness (QED) is 0.637. The smallest absolute Gasteiger partial charge is 0.261 e. The molecule has 134 valence electrons. The highest BCUT2D eigenvalue weighted by atomic mass is 32.2. The molecule has 0 bridgehead atoms. The van der Waals surface area contributed by atoms with E-state index in [9.17, 15) is 4.79 Å². The first-order chi connectivity index (χ1) is 12.2. The normalized spacial score (nSPS) is 20.5. The molecule has 0 unspecified atom stereocenters. The number of carbonyl (C=O) groups is 1. The monoisotopic (exact) mass is 378 g/mol. The molecule has 1 amide bonds. The number of ether oxygens (including phenoxy) is 1. The van der Waals surface area contributed by atoms with Crippen molar-refractivity contribution >= 4 is 45.0 Å². The van der Waals surface area contributed by atoms with Gasteiger partial charge in [-0.2, -0.15) is 0 Å². The molecule has 2 saturated heterocycles. The van der Waals surface area contributed by atoms with Gasteiger partial charge in [-0.15, -0.1) is 11.3 Å². The van der Waals surface area contributed by atoms with Crippen molar-refractivity contribution in [1.29, 1.82) is 0 Å². The van der Waals surface area contributed by atoms with Gasteiger partial charge in [0.1, 0.15) is 10.6 Å². The molecule has 0 aromatic carbocycles. The molecule has 0 saturated carbocycles. The van der Waals surface area contributed by atoms with E-state index in [1.54, 1.807) is 11.8 Å². The Labute approximate surface area is 155 Å². The van der Waals surface area contributed by atoms with Crippen molar-refractivity contribution in [2.75, 3.05) is 37.4 Å². The lowest BCUT2D eigenvalue weighted by Crippen LogP contribution is -2.31. The Morgan fingerprint density at radius 1 is 1.40 bits per heavy atom. The van der Waals surface area contributed by atoms with Gasteiger partial charge in [0.15, 0.2) is 5.16 Å². The molecule has 6 nitrogen and oxygen atoms in total. The van der Waals surface area contributed by atoms with Gasteiger partial charge in [-0.1, -0.05) is 11.8 Å². The molecule has 0 aliphatic carbocycles. The number of thiophene rings is 1. The van der Waals surface area contributed by atoms with Crippen LogP contribution in [0.4, 0.5) is 5.82 Å². The highest BCUT2D eigenvalue weighted by Gasteiger charge is 2.22. The Bertz CT molecular complexity index is 767. The van der Waals surface area contributed by atoms with Gasteiger partial charge in [-0.05, 0) is 38.0 Å². The highest BCUT2D eigenvalue weighted by Crippen LogP contribution is 2.34. The first-order valence-electron chi connectivity index (χ1n) is 8.75. The van der Waals surface area contributed by atoms with Gasteiger partial charge < -0.3 is 15.0 Å². The maximum absolute atomic E-state index is 12.5. The largest absolute Gasteiger partial charge is 0.376 e. The summed E-state index contributed by atoms with van der Waals surface area (Å²) in [6.45, 7) is 3.43. The standard InChI is InChI=1S/C17H22N4O2S2/c1-24-17-19-14(21-6-2-3-7-21)12-9-13(25-16(12)20-17)15(22)18-10-11-5-4-8-23-11/h9,11H,2-8,10H2,1H3,(H,18,22)/t11-/m0/s1. The van der Waals surface area contributed by atoms with Gasteiger partial charge in [0.2, 0.25) is 0 Å². The number of anilines is 1. The number of hydrogen-bond donors (Lipinski definition) is 1. The van der Waals surface area contributed by atoms with Crippen LogP contribution in [0.25, 0.3) is 10.2 Å². The molecule has 1 atom stereocenters. The summed E-state index contributed by atoms with van der Waals surface area (Å²) in [7, 11) is 0. The number of thioether (sulfide) groups is 1. The molecule has 2 aromatic rings. The number of aromatic nitrogens is 2. The Kier molecular flexibility index (Phi) is 5.10. The molecule has 2 aliphatic heterocycles. The van der Waals surface area contributed by atoms with Crippen molar-refractivity contribution in [3.8, 4) is 0 Å². The zero-order valence-electron chi connectivity index (χ0n) is 14.3. The summed E-state index contributed by atoms with van der Waals surface area (Å²) in [6, 6.07) is 1.95. The number of nitrogens with one attached hydrogen (secondary N) is 1. The van der Waals surface area contributed by atoms with Crippen LogP contribution >= 0.6 is 23.1 Å². The molecule has 0 radical (unpaired) electrons. The summed E-state index contributed by atoms with van der Waals surface area (Å²) < 4.78 is 5.57. The summed E-state index contributed by atoms with van der Waals surface area (Å²) in [5, 5.41) is 4.76. The molecule has 2 fully saturated rings. The Morgan fingerprint density at radius 2 is 2.24 bits per heavy atom. The summed E-state index contributed by atoms with van der Waals surface area (Å²) in [6.07, 6.45) is 6.63. The minimum atomic E-state index is -0.0448. The van der Waals surface area contributed by atoms with Gasteiger partial charge in [0.05, 0.1) is 16.4 Å². The zero-order chi connectivity index (χ0) is 17.2. The fourth-order valence-corrected chi connectivity index (χ4v) is 4.72. The van der Waals surface area contributed by atoms with E-state index in [2.05, 4.69) is 15.2 Å². The number of fused-ring (bicyclic) bond motifs is 1. The van der Waals surface area contributed by atoms with E-state index in [0.717, 1.165) is 53.7 Å². The third-order valence-corrected chi connectivity index (χ3v) is 6.25. The van der Waals surface area contributed by atoms with Crippen LogP contribution in [-0.2, 0) is 4.74 Å². The predicted octanol–water partition coefficient (Wildman–Crippen LogP) is 2.92. The second-order valence-electron chi connectivity index (χ2n) is 6.40. The number of rotatable bonds is 5. The lowest BCUT2D eigenvalue weighted by Gasteiger charge is -2.17. The van der Waals surface area contributed by atoms with Gasteiger partial charge in [-0.3, -0.25) is 4.79 Å². The maximum Gasteiger partial charge on any atom is 0.261 e. The Balaban J connectivity index is 1.59. The minimum absolute atomic E-state index is 0.0448. The van der Waals surface area contributed by atoms with E-state index in [1.807, 2.05) is 12.3 Å². The number of hydrogen-bond acceptors (Lipinski definition) is 7. The second-order valence-corrected chi connectivity index (χ2v) is 8.21. The predicted molar refractivity (Wildman–Crippen MR) is 102 cm³/mol. The molecular weight excluding hydrogens is 356 g/mol. The van der Waals surface area contributed by atoms with E-state index in [1.165, 1.54) is 24.2 Å². The average Bonchev–Trinajstić information content (AvgIpc) is 3.39. The molecule has 0 spiro atoms. The number of carbonyl (C=O) groups excluding carboxylic acids is 1. The van der Waals surface area contributed by atoms with E-state index >= 15 is 0 Å². The molecule has 2 aromatic heterocycles. The van der Waals surface area contributed by atoms with Gasteiger partial charge in [0.25, 0.3) is 5.91 Å². The van der Waals surface area contributed by atoms with Crippen molar-refractivity contribution in [1.82, 2.24) is 15.3 Å². The molecule has 2 aliphatic rings. The highest BCUT2D eigenvalue weighted by molar-refractivity contribution is 7.98. The minimum Gasteiger partial charge on any atom is -0.376 e. The van der Waals surface area contributed by atoms with Crippen LogP contribution in [0, 0.1) is 0 Å². The lowest BCUT2D eigenvalue weighted by atomic mass is 10.2. The lowest BCUT2D eigenvalue weighted by molar-refractivity contribution is 0.0861. The Hall–Kier alpha value is -1.38. The third-order valence-electron chi connectivity index (χ3n) is 4.68. The van der Waals surface area contributed by atoms with Crippen LogP contribution in [0.5, 0.6) is 0 Å². The van der Waals surface area contributed by atoms with Crippen molar-refractivity contribution in [3.05, 3.63) is 10.9 Å². The fraction of sp³-hybridized carbons (Fsp3) is 0.588. The second kappa shape index (κ2) is 7.47. The van der Waals surface area contributed by atoms with Crippen LogP contribution in [0.1, 0.15) is 35.4 Å². The van der Waals surface area contributed by atoms with Gasteiger partial charge in [0, 0.05) is 26.2 Å². The van der Waals surface area contributed by atoms with E-state index in [4.69, 9.17) is 9.72 Å². The van der Waals surface area contributed by atoms with E-state index in [-0.39, 0.29) is 12.0 Å². The molecule has 4 rings (SSSR count). The van der Waals surface area contributed by atoms with Crippen LogP contribution < -0.4 is 10.2 Å². The van der Waals surface area contributed by atoms with Gasteiger partial charge >= 0.3 is 0 Å². The van der Waals surface area contributed by atoms with Crippen molar-refractivity contribution in [2.45, 2.75) is 36.9 Å². The SMILES string of the molecule is CSc1nc(N2CCCC2)c2cc(C(=O)NC[C@@H]3CCCO3)sc2n1. The molecular formula is C17H22N4O2S2. The third kappa shape index (κ3) is 3.61. The molecule has 1 N–H and O–H groups in total. The van der Waals surface area contributed by atoms with Crippen LogP contribution in [0.15, 0.2) is 11.2 Å². The van der Waals surface area contributed by atoms with Crippen LogP contribution in [0.3, 0.4) is 0 Å². The fourth-order valence-electron chi connectivity index (χ4n) is 3.36. The Morgan fingerprint density at radius 3 is 2.96 bits per heavy atom. The number of nitrogens with zero attached hydrogens (tertiary/aromatic N) is 3. The molecule has 25 heavy (non-hydrogen) atoms. The van der Waals surface area contributed by atoms with Crippen molar-refractivity contribution < 1.29 is 9.53 Å². The van der Waals surface area contributed by atoms with Crippen molar-refractivity contribution in [2.24, 2.45) is 0 Å². The summed E-state index contributed by atoms with van der Waals surface area (Å²) >= 11 is 2.99. The maximum atomic E-state index is 12.5. The van der Waals surface area contributed by atoms with Crippen molar-refractivity contribution in [3.63, 3.8) is 0 Å². The molecule has 8 heteroatoms. The van der Waals surface area contributed by atoms with Crippen LogP contribution in [0.2, 0.25) is 0 Å². The first kappa shape index (κ1) is 17.1. The summed E-state index contributed by atoms with van der Waals surface area (Å²) in [5.41, 5.74) is 0. The van der Waals surface area contributed by atoms with Crippen LogP contribution in [-0.4, -0.2) is 54.5 Å². The average molecular weight is 379 g/mol. The topological polar surface area (TPSA) is 67.4 Å².